The Labute approximate surface area is 132 Å². The van der Waals surface area contributed by atoms with Crippen molar-refractivity contribution < 1.29 is 14.2 Å². The van der Waals surface area contributed by atoms with Crippen LogP contribution in [0.2, 0.25) is 0 Å². The van der Waals surface area contributed by atoms with Gasteiger partial charge < -0.3 is 19.5 Å². The van der Waals surface area contributed by atoms with Gasteiger partial charge in [-0.05, 0) is 56.3 Å². The van der Waals surface area contributed by atoms with Gasteiger partial charge in [-0.2, -0.15) is 0 Å². The Kier molecular flexibility index (Phi) is 5.50. The molecule has 0 bridgehead atoms. The summed E-state index contributed by atoms with van der Waals surface area (Å²) in [5.41, 5.74) is 1.17. The highest BCUT2D eigenvalue weighted by atomic mass is 16.5. The van der Waals surface area contributed by atoms with Crippen LogP contribution in [-0.2, 0) is 10.2 Å². The molecule has 0 aliphatic heterocycles. The standard InChI is InChI=1S/C18H25NO3/c1-19-12-11-18(9-7-15(20-2)8-10-18)14-5-6-16(21-3)17(13-14)22-4/h5-9,13,19H,10-12H2,1-4H3/t18-/m1/s1. The van der Waals surface area contributed by atoms with Crippen molar-refractivity contribution in [1.29, 1.82) is 0 Å². The zero-order valence-electron chi connectivity index (χ0n) is 13.8. The lowest BCUT2D eigenvalue weighted by Crippen LogP contribution is -2.29. The van der Waals surface area contributed by atoms with Gasteiger partial charge in [0.1, 0.15) is 5.76 Å². The van der Waals surface area contributed by atoms with Crippen LogP contribution in [0.3, 0.4) is 0 Å². The number of hydrogen-bond donors (Lipinski definition) is 1. The number of ether oxygens (including phenoxy) is 3. The normalized spacial score (nSPS) is 20.5. The third-order valence-electron chi connectivity index (χ3n) is 4.25. The summed E-state index contributed by atoms with van der Waals surface area (Å²) in [5.74, 6) is 2.43. The molecule has 1 aromatic rings. The van der Waals surface area contributed by atoms with E-state index in [4.69, 9.17) is 14.2 Å². The minimum absolute atomic E-state index is 0.0510. The molecule has 0 amide bonds. The first kappa shape index (κ1) is 16.4. The number of methoxy groups -OCH3 is 3. The molecule has 0 spiro atoms. The topological polar surface area (TPSA) is 39.7 Å². The maximum Gasteiger partial charge on any atom is 0.161 e. The Hall–Kier alpha value is -1.94. The minimum Gasteiger partial charge on any atom is -0.497 e. The summed E-state index contributed by atoms with van der Waals surface area (Å²) < 4.78 is 16.1. The van der Waals surface area contributed by atoms with Crippen LogP contribution in [0.1, 0.15) is 18.4 Å². The van der Waals surface area contributed by atoms with Gasteiger partial charge >= 0.3 is 0 Å². The van der Waals surface area contributed by atoms with Crippen LogP contribution in [0.5, 0.6) is 11.5 Å². The predicted octanol–water partition coefficient (Wildman–Crippen LogP) is 3.04. The lowest BCUT2D eigenvalue weighted by molar-refractivity contribution is 0.298. The Morgan fingerprint density at radius 3 is 2.41 bits per heavy atom. The van der Waals surface area contributed by atoms with E-state index in [1.807, 2.05) is 13.1 Å². The van der Waals surface area contributed by atoms with E-state index in [0.717, 1.165) is 36.6 Å². The molecular formula is C18H25NO3. The fraction of sp³-hybridized carbons (Fsp3) is 0.444. The van der Waals surface area contributed by atoms with Crippen LogP contribution in [0, 0.1) is 0 Å². The molecule has 0 aromatic heterocycles. The van der Waals surface area contributed by atoms with Crippen molar-refractivity contribution >= 4 is 0 Å². The Morgan fingerprint density at radius 1 is 1.09 bits per heavy atom. The first-order valence-corrected chi connectivity index (χ1v) is 7.49. The molecule has 4 heteroatoms. The molecular weight excluding hydrogens is 278 g/mol. The van der Waals surface area contributed by atoms with Gasteiger partial charge in [0.05, 0.1) is 21.3 Å². The summed E-state index contributed by atoms with van der Waals surface area (Å²) in [4.78, 5) is 0. The number of nitrogens with one attached hydrogen (secondary N) is 1. The Morgan fingerprint density at radius 2 is 1.86 bits per heavy atom. The van der Waals surface area contributed by atoms with E-state index in [0.29, 0.717) is 0 Å². The van der Waals surface area contributed by atoms with Crippen LogP contribution in [-0.4, -0.2) is 34.9 Å². The highest BCUT2D eigenvalue weighted by Gasteiger charge is 2.31. The minimum atomic E-state index is -0.0510. The molecule has 1 N–H and O–H groups in total. The zero-order valence-corrected chi connectivity index (χ0v) is 13.8. The molecule has 1 aliphatic carbocycles. The second-order valence-electron chi connectivity index (χ2n) is 5.43. The molecule has 4 nitrogen and oxygen atoms in total. The highest BCUT2D eigenvalue weighted by molar-refractivity contribution is 5.48. The first-order valence-electron chi connectivity index (χ1n) is 7.49. The first-order chi connectivity index (χ1) is 10.7. The molecule has 1 aliphatic rings. The smallest absolute Gasteiger partial charge is 0.161 e. The summed E-state index contributed by atoms with van der Waals surface area (Å²) in [6.45, 7) is 0.939. The second-order valence-corrected chi connectivity index (χ2v) is 5.43. The van der Waals surface area contributed by atoms with Gasteiger partial charge in [-0.15, -0.1) is 0 Å². The molecule has 0 radical (unpaired) electrons. The maximum absolute atomic E-state index is 5.45. The SMILES string of the molecule is CNCC[C@@]1(c2ccc(OC)c(OC)c2)C=CC(OC)=CC1. The van der Waals surface area contributed by atoms with E-state index >= 15 is 0 Å². The zero-order chi connectivity index (χ0) is 16.0. The fourth-order valence-corrected chi connectivity index (χ4v) is 2.85. The molecule has 2 rings (SSSR count). The summed E-state index contributed by atoms with van der Waals surface area (Å²) in [6, 6.07) is 6.16. The van der Waals surface area contributed by atoms with Crippen molar-refractivity contribution in [3.63, 3.8) is 0 Å². The van der Waals surface area contributed by atoms with Crippen molar-refractivity contribution in [2.45, 2.75) is 18.3 Å². The fourth-order valence-electron chi connectivity index (χ4n) is 2.85. The van der Waals surface area contributed by atoms with E-state index in [9.17, 15) is 0 Å². The number of rotatable bonds is 7. The van der Waals surface area contributed by atoms with E-state index in [-0.39, 0.29) is 5.41 Å². The summed E-state index contributed by atoms with van der Waals surface area (Å²) in [6.07, 6.45) is 8.35. The van der Waals surface area contributed by atoms with Crippen LogP contribution >= 0.6 is 0 Å². The van der Waals surface area contributed by atoms with Gasteiger partial charge in [0.25, 0.3) is 0 Å². The average molecular weight is 303 g/mol. The van der Waals surface area contributed by atoms with Gasteiger partial charge in [-0.3, -0.25) is 0 Å². The van der Waals surface area contributed by atoms with Crippen molar-refractivity contribution in [1.82, 2.24) is 5.32 Å². The Balaban J connectivity index is 2.38. The van der Waals surface area contributed by atoms with Crippen LogP contribution in [0.15, 0.2) is 42.2 Å². The lowest BCUT2D eigenvalue weighted by atomic mass is 9.72. The summed E-state index contributed by atoms with van der Waals surface area (Å²) in [5, 5.41) is 3.24. The molecule has 0 saturated heterocycles. The molecule has 0 fully saturated rings. The van der Waals surface area contributed by atoms with Crippen molar-refractivity contribution in [2.75, 3.05) is 34.9 Å². The molecule has 22 heavy (non-hydrogen) atoms. The number of benzene rings is 1. The van der Waals surface area contributed by atoms with E-state index < -0.39 is 0 Å². The summed E-state index contributed by atoms with van der Waals surface area (Å²) >= 11 is 0. The monoisotopic (exact) mass is 303 g/mol. The number of allylic oxidation sites excluding steroid dienone is 3. The second kappa shape index (κ2) is 7.36. The van der Waals surface area contributed by atoms with Gasteiger partial charge in [0.15, 0.2) is 11.5 Å². The van der Waals surface area contributed by atoms with Crippen LogP contribution in [0.4, 0.5) is 0 Å². The van der Waals surface area contributed by atoms with E-state index in [1.165, 1.54) is 5.56 Å². The van der Waals surface area contributed by atoms with Crippen LogP contribution in [0.25, 0.3) is 0 Å². The van der Waals surface area contributed by atoms with E-state index in [2.05, 4.69) is 35.7 Å². The Bertz CT molecular complexity index is 565. The van der Waals surface area contributed by atoms with Gasteiger partial charge in [-0.1, -0.05) is 12.1 Å². The van der Waals surface area contributed by atoms with Crippen molar-refractivity contribution in [3.05, 3.63) is 47.7 Å². The molecule has 0 saturated carbocycles. The van der Waals surface area contributed by atoms with Crippen LogP contribution < -0.4 is 14.8 Å². The van der Waals surface area contributed by atoms with Crippen molar-refractivity contribution in [2.24, 2.45) is 0 Å². The number of hydrogen-bond acceptors (Lipinski definition) is 4. The van der Waals surface area contributed by atoms with Crippen molar-refractivity contribution in [3.8, 4) is 11.5 Å². The molecule has 0 unspecified atom stereocenters. The third-order valence-corrected chi connectivity index (χ3v) is 4.25. The van der Waals surface area contributed by atoms with Gasteiger partial charge in [0, 0.05) is 5.41 Å². The molecule has 0 heterocycles. The molecule has 120 valence electrons. The average Bonchev–Trinajstić information content (AvgIpc) is 2.59. The maximum atomic E-state index is 5.45. The quantitative estimate of drug-likeness (QED) is 0.840. The van der Waals surface area contributed by atoms with E-state index in [1.54, 1.807) is 21.3 Å². The predicted molar refractivity (Wildman–Crippen MR) is 88.6 cm³/mol. The molecule has 1 atom stereocenters. The highest BCUT2D eigenvalue weighted by Crippen LogP contribution is 2.40. The summed E-state index contributed by atoms with van der Waals surface area (Å²) in [7, 11) is 7.00. The van der Waals surface area contributed by atoms with Gasteiger partial charge in [0.2, 0.25) is 0 Å². The largest absolute Gasteiger partial charge is 0.497 e. The molecule has 1 aromatic carbocycles. The third kappa shape index (κ3) is 3.28. The lowest BCUT2D eigenvalue weighted by Gasteiger charge is -2.33. The van der Waals surface area contributed by atoms with Gasteiger partial charge in [-0.25, -0.2) is 0 Å².